The third-order valence-corrected chi connectivity index (χ3v) is 3.84. The van der Waals surface area contributed by atoms with Crippen LogP contribution in [0.2, 0.25) is 0 Å². The van der Waals surface area contributed by atoms with Crippen LogP contribution in [-0.4, -0.2) is 50.3 Å². The zero-order valence-corrected chi connectivity index (χ0v) is 11.4. The fraction of sp³-hybridized carbons (Fsp3) is 0.400. The van der Waals surface area contributed by atoms with Crippen molar-refractivity contribution < 1.29 is 37.4 Å². The number of aromatic carboxylic acids is 1. The molecule has 0 saturated carbocycles. The number of hydrogen-bond acceptors (Lipinski definition) is 7. The Balaban J connectivity index is 2.89. The van der Waals surface area contributed by atoms with E-state index in [4.69, 9.17) is 9.52 Å². The molecule has 0 aromatic carbocycles. The Hall–Kier alpha value is -1.91. The van der Waals surface area contributed by atoms with Gasteiger partial charge in [-0.15, -0.1) is 0 Å². The molecule has 3 N–H and O–H groups in total. The van der Waals surface area contributed by atoms with Crippen molar-refractivity contribution in [2.24, 2.45) is 0 Å². The standard InChI is InChI=1S/C10H13NO8S/c1-5-8(3-7(19-5)9(13)14)20(16,17)11-4-6(12)10(15)18-2/h3,6,11-12H,4H2,1-2H3,(H,13,14). The number of aliphatic hydroxyl groups is 1. The van der Waals surface area contributed by atoms with E-state index < -0.39 is 40.4 Å². The van der Waals surface area contributed by atoms with Crippen LogP contribution in [0.1, 0.15) is 16.3 Å². The van der Waals surface area contributed by atoms with Crippen LogP contribution in [0, 0.1) is 6.92 Å². The lowest BCUT2D eigenvalue weighted by Gasteiger charge is -2.09. The Morgan fingerprint density at radius 3 is 2.55 bits per heavy atom. The van der Waals surface area contributed by atoms with Crippen molar-refractivity contribution in [1.29, 1.82) is 0 Å². The molecule has 10 heteroatoms. The van der Waals surface area contributed by atoms with Gasteiger partial charge in [0.1, 0.15) is 10.7 Å². The largest absolute Gasteiger partial charge is 0.475 e. The van der Waals surface area contributed by atoms with Crippen molar-refractivity contribution in [3.63, 3.8) is 0 Å². The van der Waals surface area contributed by atoms with E-state index in [2.05, 4.69) is 4.74 Å². The van der Waals surface area contributed by atoms with Crippen LogP contribution in [-0.2, 0) is 19.6 Å². The van der Waals surface area contributed by atoms with Crippen LogP contribution >= 0.6 is 0 Å². The van der Waals surface area contributed by atoms with Gasteiger partial charge >= 0.3 is 11.9 Å². The third-order valence-electron chi connectivity index (χ3n) is 2.31. The van der Waals surface area contributed by atoms with Crippen molar-refractivity contribution in [2.75, 3.05) is 13.7 Å². The fourth-order valence-corrected chi connectivity index (χ4v) is 2.54. The summed E-state index contributed by atoms with van der Waals surface area (Å²) in [7, 11) is -3.07. The summed E-state index contributed by atoms with van der Waals surface area (Å²) < 4.78 is 34.7. The van der Waals surface area contributed by atoms with Crippen molar-refractivity contribution in [2.45, 2.75) is 17.9 Å². The van der Waals surface area contributed by atoms with Gasteiger partial charge in [0.2, 0.25) is 15.8 Å². The van der Waals surface area contributed by atoms with Gasteiger partial charge in [-0.25, -0.2) is 22.7 Å². The number of rotatable bonds is 6. The van der Waals surface area contributed by atoms with Crippen molar-refractivity contribution in [3.05, 3.63) is 17.6 Å². The number of carbonyl (C=O) groups excluding carboxylic acids is 1. The van der Waals surface area contributed by atoms with Crippen molar-refractivity contribution >= 4 is 22.0 Å². The Morgan fingerprint density at radius 2 is 2.10 bits per heavy atom. The summed E-state index contributed by atoms with van der Waals surface area (Å²) in [5, 5.41) is 18.0. The Kier molecular flexibility index (Phi) is 4.87. The molecule has 0 spiro atoms. The van der Waals surface area contributed by atoms with E-state index in [1.54, 1.807) is 0 Å². The van der Waals surface area contributed by atoms with Gasteiger partial charge < -0.3 is 19.4 Å². The highest BCUT2D eigenvalue weighted by Crippen LogP contribution is 2.19. The molecule has 112 valence electrons. The minimum Gasteiger partial charge on any atom is -0.475 e. The molecule has 1 unspecified atom stereocenters. The number of furan rings is 1. The molecule has 0 fully saturated rings. The van der Waals surface area contributed by atoms with Gasteiger partial charge in [-0.3, -0.25) is 0 Å². The molecule has 9 nitrogen and oxygen atoms in total. The first-order chi connectivity index (χ1) is 9.19. The van der Waals surface area contributed by atoms with Gasteiger partial charge in [-0.1, -0.05) is 0 Å². The van der Waals surface area contributed by atoms with Crippen LogP contribution in [0.25, 0.3) is 0 Å². The summed E-state index contributed by atoms with van der Waals surface area (Å²) in [5.74, 6) is -3.06. The zero-order chi connectivity index (χ0) is 15.5. The molecule has 0 bridgehead atoms. The molecule has 1 aromatic heterocycles. The highest BCUT2D eigenvalue weighted by atomic mass is 32.2. The Bertz CT molecular complexity index is 617. The van der Waals surface area contributed by atoms with Crippen LogP contribution < -0.4 is 4.72 Å². The lowest BCUT2D eigenvalue weighted by atomic mass is 10.4. The second kappa shape index (κ2) is 6.03. The molecule has 0 radical (unpaired) electrons. The number of methoxy groups -OCH3 is 1. The molecule has 0 saturated heterocycles. The monoisotopic (exact) mass is 307 g/mol. The van der Waals surface area contributed by atoms with E-state index in [9.17, 15) is 23.1 Å². The van der Waals surface area contributed by atoms with Crippen LogP contribution in [0.3, 0.4) is 0 Å². The Labute approximate surface area is 114 Å². The number of carboxylic acid groups (broad SMARTS) is 1. The number of aliphatic hydroxyl groups excluding tert-OH is 1. The van der Waals surface area contributed by atoms with Gasteiger partial charge in [0.05, 0.1) is 7.11 Å². The number of sulfonamides is 1. The maximum absolute atomic E-state index is 11.9. The smallest absolute Gasteiger partial charge is 0.371 e. The number of hydrogen-bond donors (Lipinski definition) is 3. The number of nitrogens with one attached hydrogen (secondary N) is 1. The molecule has 1 heterocycles. The summed E-state index contributed by atoms with van der Waals surface area (Å²) in [6.45, 7) is 0.666. The number of carboxylic acids is 1. The SMILES string of the molecule is COC(=O)C(O)CNS(=O)(=O)c1cc(C(=O)O)oc1C. The molecule has 1 atom stereocenters. The van der Waals surface area contributed by atoms with Crippen LogP contribution in [0.4, 0.5) is 0 Å². The summed E-state index contributed by atoms with van der Waals surface area (Å²) in [4.78, 5) is 21.2. The number of carbonyl (C=O) groups is 2. The van der Waals surface area contributed by atoms with Gasteiger partial charge in [0, 0.05) is 12.6 Å². The number of ether oxygens (including phenoxy) is 1. The second-order valence-corrected chi connectivity index (χ2v) is 5.46. The predicted octanol–water partition coefficient (Wildman–Crippen LogP) is -0.902. The number of aryl methyl sites for hydroxylation is 1. The molecular weight excluding hydrogens is 294 g/mol. The first-order valence-corrected chi connectivity index (χ1v) is 6.76. The minimum atomic E-state index is -4.12. The average molecular weight is 307 g/mol. The predicted molar refractivity (Wildman–Crippen MR) is 63.6 cm³/mol. The number of esters is 1. The molecule has 0 aliphatic rings. The first kappa shape index (κ1) is 16.1. The van der Waals surface area contributed by atoms with Crippen LogP contribution in [0.15, 0.2) is 15.4 Å². The lowest BCUT2D eigenvalue weighted by Crippen LogP contribution is -2.37. The molecule has 0 aliphatic carbocycles. The zero-order valence-electron chi connectivity index (χ0n) is 10.6. The molecule has 1 aromatic rings. The van der Waals surface area contributed by atoms with E-state index in [1.165, 1.54) is 6.92 Å². The Morgan fingerprint density at radius 1 is 1.50 bits per heavy atom. The van der Waals surface area contributed by atoms with E-state index >= 15 is 0 Å². The molecule has 20 heavy (non-hydrogen) atoms. The highest BCUT2D eigenvalue weighted by molar-refractivity contribution is 7.89. The van der Waals surface area contributed by atoms with E-state index in [0.717, 1.165) is 13.2 Å². The average Bonchev–Trinajstić information content (AvgIpc) is 2.78. The lowest BCUT2D eigenvalue weighted by molar-refractivity contribution is -0.149. The molecule has 0 aliphatic heterocycles. The van der Waals surface area contributed by atoms with Gasteiger partial charge in [-0.05, 0) is 6.92 Å². The van der Waals surface area contributed by atoms with Crippen molar-refractivity contribution in [3.8, 4) is 0 Å². The normalized spacial score (nSPS) is 12.9. The van der Waals surface area contributed by atoms with E-state index in [1.807, 2.05) is 4.72 Å². The maximum Gasteiger partial charge on any atom is 0.371 e. The summed E-state index contributed by atoms with van der Waals surface area (Å²) in [6, 6.07) is 0.838. The van der Waals surface area contributed by atoms with Crippen LogP contribution in [0.5, 0.6) is 0 Å². The van der Waals surface area contributed by atoms with Crippen molar-refractivity contribution in [1.82, 2.24) is 4.72 Å². The molecule has 1 rings (SSSR count). The third kappa shape index (κ3) is 3.56. The quantitative estimate of drug-likeness (QED) is 0.573. The maximum atomic E-state index is 11.9. The van der Waals surface area contributed by atoms with Gasteiger partial charge in [0.15, 0.2) is 6.10 Å². The second-order valence-electron chi connectivity index (χ2n) is 3.73. The highest BCUT2D eigenvalue weighted by Gasteiger charge is 2.25. The minimum absolute atomic E-state index is 0.123. The summed E-state index contributed by atoms with van der Waals surface area (Å²) >= 11 is 0. The van der Waals surface area contributed by atoms with E-state index in [-0.39, 0.29) is 10.7 Å². The first-order valence-electron chi connectivity index (χ1n) is 5.28. The molecular formula is C10H13NO8S. The van der Waals surface area contributed by atoms with E-state index in [0.29, 0.717) is 0 Å². The van der Waals surface area contributed by atoms with Gasteiger partial charge in [0.25, 0.3) is 0 Å². The van der Waals surface area contributed by atoms with Gasteiger partial charge in [-0.2, -0.15) is 0 Å². The summed E-state index contributed by atoms with van der Waals surface area (Å²) in [6.07, 6.45) is -1.67. The topological polar surface area (TPSA) is 143 Å². The molecule has 0 amide bonds. The fourth-order valence-electron chi connectivity index (χ4n) is 1.32. The summed E-state index contributed by atoms with van der Waals surface area (Å²) in [5.41, 5.74) is 0.